The molecule has 0 radical (unpaired) electrons. The van der Waals surface area contributed by atoms with E-state index in [1.54, 1.807) is 18.2 Å². The first-order valence-electron chi connectivity index (χ1n) is 11.1. The molecule has 172 valence electrons. The lowest BCUT2D eigenvalue weighted by atomic mass is 9.97. The molecule has 5 heteroatoms. The maximum Gasteiger partial charge on any atom is 0.335 e. The minimum Gasteiger partial charge on any atom is -0.489 e. The molecule has 0 saturated heterocycles. The summed E-state index contributed by atoms with van der Waals surface area (Å²) in [6.45, 7) is 5.92. The average molecular weight is 447 g/mol. The van der Waals surface area contributed by atoms with Crippen LogP contribution in [-0.4, -0.2) is 17.0 Å². The third kappa shape index (κ3) is 7.21. The van der Waals surface area contributed by atoms with Crippen molar-refractivity contribution >= 4 is 11.9 Å². The summed E-state index contributed by atoms with van der Waals surface area (Å²) in [5, 5.41) is 9.05. The molecule has 0 aliphatic carbocycles. The summed E-state index contributed by atoms with van der Waals surface area (Å²) in [5.74, 6) is 0.0479. The molecule has 0 aliphatic rings. The Morgan fingerprint density at radius 2 is 1.55 bits per heavy atom. The summed E-state index contributed by atoms with van der Waals surface area (Å²) in [5.41, 5.74) is 2.80. The van der Waals surface area contributed by atoms with Gasteiger partial charge in [-0.2, -0.15) is 0 Å². The van der Waals surface area contributed by atoms with E-state index in [0.29, 0.717) is 12.4 Å². The molecule has 0 fully saturated rings. The number of carbonyl (C=O) groups excluding carboxylic acids is 1. The van der Waals surface area contributed by atoms with Crippen LogP contribution in [0.15, 0.2) is 72.8 Å². The number of benzene rings is 3. The van der Waals surface area contributed by atoms with Gasteiger partial charge in [0.2, 0.25) is 0 Å². The van der Waals surface area contributed by atoms with Crippen molar-refractivity contribution in [2.75, 3.05) is 0 Å². The highest BCUT2D eigenvalue weighted by atomic mass is 16.5. The van der Waals surface area contributed by atoms with E-state index in [2.05, 4.69) is 0 Å². The Morgan fingerprint density at radius 3 is 2.18 bits per heavy atom. The zero-order valence-electron chi connectivity index (χ0n) is 19.3. The van der Waals surface area contributed by atoms with E-state index in [9.17, 15) is 9.59 Å². The van der Waals surface area contributed by atoms with E-state index in [1.807, 2.05) is 75.4 Å². The molecule has 0 spiro atoms. The number of hydrogen-bond donors (Lipinski definition) is 1. The van der Waals surface area contributed by atoms with Crippen LogP contribution in [0.5, 0.6) is 11.5 Å². The zero-order chi connectivity index (χ0) is 23.8. The fourth-order valence-electron chi connectivity index (χ4n) is 3.25. The second-order valence-electron chi connectivity index (χ2n) is 9.04. The van der Waals surface area contributed by atoms with Crippen molar-refractivity contribution < 1.29 is 24.2 Å². The predicted molar refractivity (Wildman–Crippen MR) is 128 cm³/mol. The van der Waals surface area contributed by atoms with Gasteiger partial charge >= 0.3 is 11.9 Å². The first-order valence-corrected chi connectivity index (χ1v) is 11.1. The normalized spacial score (nSPS) is 11.1. The van der Waals surface area contributed by atoms with Crippen LogP contribution in [0.2, 0.25) is 0 Å². The predicted octanol–water partition coefficient (Wildman–Crippen LogP) is 6.09. The highest BCUT2D eigenvalue weighted by Gasteiger charge is 2.24. The van der Waals surface area contributed by atoms with Crippen molar-refractivity contribution in [1.29, 1.82) is 0 Å². The number of ether oxygens (including phenoxy) is 2. The molecule has 5 nitrogen and oxygen atoms in total. The highest BCUT2D eigenvalue weighted by Crippen LogP contribution is 2.28. The van der Waals surface area contributed by atoms with Crippen LogP contribution < -0.4 is 9.47 Å². The van der Waals surface area contributed by atoms with E-state index in [-0.39, 0.29) is 11.5 Å². The first kappa shape index (κ1) is 24.1. The SMILES string of the molecule is CC(C)(C)C(=O)Oc1ccc(OCc2ccccc2)c(CCCc2ccc(C(=O)O)cc2)c1. The molecular formula is C28H30O5. The lowest BCUT2D eigenvalue weighted by Crippen LogP contribution is -2.25. The van der Waals surface area contributed by atoms with Crippen molar-refractivity contribution in [2.45, 2.75) is 46.6 Å². The van der Waals surface area contributed by atoms with Gasteiger partial charge in [-0.25, -0.2) is 4.79 Å². The van der Waals surface area contributed by atoms with Gasteiger partial charge in [0, 0.05) is 0 Å². The van der Waals surface area contributed by atoms with E-state index in [0.717, 1.165) is 41.7 Å². The Balaban J connectivity index is 1.72. The molecule has 3 aromatic carbocycles. The largest absolute Gasteiger partial charge is 0.489 e. The van der Waals surface area contributed by atoms with Gasteiger partial charge in [0.15, 0.2) is 0 Å². The van der Waals surface area contributed by atoms with Crippen LogP contribution in [0.4, 0.5) is 0 Å². The second-order valence-corrected chi connectivity index (χ2v) is 9.04. The van der Waals surface area contributed by atoms with Crippen LogP contribution in [0.3, 0.4) is 0 Å². The van der Waals surface area contributed by atoms with E-state index in [4.69, 9.17) is 14.6 Å². The van der Waals surface area contributed by atoms with Crippen LogP contribution in [0.1, 0.15) is 54.2 Å². The van der Waals surface area contributed by atoms with E-state index < -0.39 is 11.4 Å². The van der Waals surface area contributed by atoms with Crippen LogP contribution >= 0.6 is 0 Å². The molecule has 0 aliphatic heterocycles. The monoisotopic (exact) mass is 446 g/mol. The first-order chi connectivity index (χ1) is 15.7. The number of carboxylic acids is 1. The molecule has 0 aromatic heterocycles. The number of esters is 1. The number of carbonyl (C=O) groups is 2. The molecule has 0 amide bonds. The fraction of sp³-hybridized carbons (Fsp3) is 0.286. The summed E-state index contributed by atoms with van der Waals surface area (Å²) >= 11 is 0. The molecule has 0 bridgehead atoms. The molecule has 3 rings (SSSR count). The smallest absolute Gasteiger partial charge is 0.335 e. The molecule has 0 heterocycles. The van der Waals surface area contributed by atoms with Gasteiger partial charge in [-0.3, -0.25) is 4.79 Å². The minimum absolute atomic E-state index is 0.281. The quantitative estimate of drug-likeness (QED) is 0.318. The van der Waals surface area contributed by atoms with Crippen LogP contribution in [-0.2, 0) is 24.2 Å². The lowest BCUT2D eigenvalue weighted by Gasteiger charge is -2.18. The average Bonchev–Trinajstić information content (AvgIpc) is 2.79. The van der Waals surface area contributed by atoms with Gasteiger partial charge in [0.05, 0.1) is 11.0 Å². The van der Waals surface area contributed by atoms with Gasteiger partial charge < -0.3 is 14.6 Å². The Bertz CT molecular complexity index is 1080. The standard InChI is InChI=1S/C28H30O5/c1-28(2,3)27(31)33-24-16-17-25(32-19-21-8-5-4-6-9-21)23(18-24)11-7-10-20-12-14-22(15-13-20)26(29)30/h4-6,8-9,12-18H,7,10-11,19H2,1-3H3,(H,29,30). The fourth-order valence-corrected chi connectivity index (χ4v) is 3.25. The number of aromatic carboxylic acids is 1. The van der Waals surface area contributed by atoms with Crippen LogP contribution in [0, 0.1) is 5.41 Å². The van der Waals surface area contributed by atoms with Crippen molar-refractivity contribution in [3.63, 3.8) is 0 Å². The molecule has 1 N–H and O–H groups in total. The van der Waals surface area contributed by atoms with Gasteiger partial charge in [-0.1, -0.05) is 42.5 Å². The van der Waals surface area contributed by atoms with Crippen molar-refractivity contribution in [3.8, 4) is 11.5 Å². The number of hydrogen-bond acceptors (Lipinski definition) is 4. The van der Waals surface area contributed by atoms with Gasteiger partial charge in [0.25, 0.3) is 0 Å². The summed E-state index contributed by atoms with van der Waals surface area (Å²) in [6, 6.07) is 22.4. The van der Waals surface area contributed by atoms with Gasteiger partial charge in [-0.15, -0.1) is 0 Å². The zero-order valence-corrected chi connectivity index (χ0v) is 19.3. The van der Waals surface area contributed by atoms with E-state index in [1.165, 1.54) is 0 Å². The molecule has 3 aromatic rings. The topological polar surface area (TPSA) is 72.8 Å². The Kier molecular flexibility index (Phi) is 7.88. The maximum atomic E-state index is 12.3. The van der Waals surface area contributed by atoms with Gasteiger partial charge in [-0.05, 0) is 87.1 Å². The van der Waals surface area contributed by atoms with Crippen molar-refractivity contribution in [2.24, 2.45) is 5.41 Å². The number of aryl methyl sites for hydroxylation is 2. The molecular weight excluding hydrogens is 416 g/mol. The third-order valence-electron chi connectivity index (χ3n) is 5.20. The maximum absolute atomic E-state index is 12.3. The molecule has 0 unspecified atom stereocenters. The Hall–Kier alpha value is -3.60. The highest BCUT2D eigenvalue weighted by molar-refractivity contribution is 5.87. The van der Waals surface area contributed by atoms with Gasteiger partial charge in [0.1, 0.15) is 18.1 Å². The summed E-state index contributed by atoms with van der Waals surface area (Å²) < 4.78 is 11.7. The molecule has 33 heavy (non-hydrogen) atoms. The Labute approximate surface area is 195 Å². The summed E-state index contributed by atoms with van der Waals surface area (Å²) in [4.78, 5) is 23.4. The molecule has 0 atom stereocenters. The third-order valence-corrected chi connectivity index (χ3v) is 5.20. The van der Waals surface area contributed by atoms with Crippen molar-refractivity contribution in [3.05, 3.63) is 95.1 Å². The van der Waals surface area contributed by atoms with Crippen LogP contribution in [0.25, 0.3) is 0 Å². The molecule has 0 saturated carbocycles. The summed E-state index contributed by atoms with van der Waals surface area (Å²) in [7, 11) is 0. The summed E-state index contributed by atoms with van der Waals surface area (Å²) in [6.07, 6.45) is 2.36. The minimum atomic E-state index is -0.927. The lowest BCUT2D eigenvalue weighted by molar-refractivity contribution is -0.143. The Morgan fingerprint density at radius 1 is 0.848 bits per heavy atom. The number of carboxylic acid groups (broad SMARTS) is 1. The van der Waals surface area contributed by atoms with Crippen molar-refractivity contribution in [1.82, 2.24) is 0 Å². The van der Waals surface area contributed by atoms with E-state index >= 15 is 0 Å². The second kappa shape index (κ2) is 10.8. The number of rotatable bonds is 9.